The van der Waals surface area contributed by atoms with E-state index in [4.69, 9.17) is 10.5 Å². The standard InChI is InChI=1S/C38H40N12O8/c1-40-34(54)30-25(18-27(46-47-30)38(12-13-38)37(39)57)44-24-6-3-5-22(31(24)58-2)32-43-19-49(48-32)16-15-42-28(51)7-4-14-41-20-8-9-21-23(17-20)36(56)50(35(21)55)26-10-11-29(52)45-33(26)53/h3,5-6,8-9,17-19,26,41H,4,7,10-16H2,1-2H3,(H2,39,57)(H,40,54)(H,42,51)(H,44,46)(H,45,52,53). The average Bonchev–Trinajstić information content (AvgIpc) is 3.84. The summed E-state index contributed by atoms with van der Waals surface area (Å²) in [6, 6.07) is 10.6. The van der Waals surface area contributed by atoms with Gasteiger partial charge >= 0.3 is 0 Å². The quantitative estimate of drug-likeness (QED) is 0.0676. The lowest BCUT2D eigenvalue weighted by Gasteiger charge is -2.27. The minimum absolute atomic E-state index is 0.0109. The number of carbonyl (C=O) groups is 7. The van der Waals surface area contributed by atoms with Crippen LogP contribution in [0.1, 0.15) is 75.4 Å². The first-order valence-electron chi connectivity index (χ1n) is 18.5. The molecule has 2 aromatic carbocycles. The van der Waals surface area contributed by atoms with Gasteiger partial charge in [-0.05, 0) is 62.1 Å². The largest absolute Gasteiger partial charge is 0.494 e. The SMILES string of the molecule is CNC(=O)c1nnc(C2(C(N)=O)CC2)cc1Nc1cccc(-c2ncn(CCNC(=O)CCCNc3ccc4c(c3)C(=O)N(C3CCC(=O)NC3=O)C4=O)n2)c1OC. The number of carbonyl (C=O) groups excluding carboxylic acids is 7. The van der Waals surface area contributed by atoms with E-state index in [0.717, 1.165) is 4.90 Å². The summed E-state index contributed by atoms with van der Waals surface area (Å²) >= 11 is 0. The minimum Gasteiger partial charge on any atom is -0.494 e. The van der Waals surface area contributed by atoms with E-state index in [9.17, 15) is 33.6 Å². The Balaban J connectivity index is 0.908. The van der Waals surface area contributed by atoms with Crippen molar-refractivity contribution in [2.75, 3.05) is 37.9 Å². The third kappa shape index (κ3) is 7.62. The van der Waals surface area contributed by atoms with Gasteiger partial charge in [-0.2, -0.15) is 10.2 Å². The first-order chi connectivity index (χ1) is 27.9. The van der Waals surface area contributed by atoms with Gasteiger partial charge in [-0.3, -0.25) is 48.5 Å². The van der Waals surface area contributed by atoms with E-state index < -0.39 is 46.9 Å². The van der Waals surface area contributed by atoms with Crippen LogP contribution in [0.15, 0.2) is 48.8 Å². The summed E-state index contributed by atoms with van der Waals surface area (Å²) in [4.78, 5) is 92.7. The second kappa shape index (κ2) is 16.1. The van der Waals surface area contributed by atoms with Gasteiger partial charge in [0.2, 0.25) is 23.6 Å². The number of hydrogen-bond acceptors (Lipinski definition) is 14. The van der Waals surface area contributed by atoms with Gasteiger partial charge in [0.25, 0.3) is 17.7 Å². The van der Waals surface area contributed by atoms with Gasteiger partial charge in [-0.1, -0.05) is 6.07 Å². The van der Waals surface area contributed by atoms with Gasteiger partial charge in [-0.15, -0.1) is 5.10 Å². The van der Waals surface area contributed by atoms with Gasteiger partial charge in [0.05, 0.1) is 52.8 Å². The molecular formula is C38H40N12O8. The molecule has 4 aromatic rings. The van der Waals surface area contributed by atoms with Gasteiger partial charge in [0.15, 0.2) is 17.3 Å². The molecule has 1 saturated heterocycles. The molecule has 0 spiro atoms. The fourth-order valence-corrected chi connectivity index (χ4v) is 6.92. The number of anilines is 3. The van der Waals surface area contributed by atoms with Crippen molar-refractivity contribution in [2.24, 2.45) is 5.73 Å². The Morgan fingerprint density at radius 3 is 2.50 bits per heavy atom. The smallest absolute Gasteiger partial charge is 0.273 e. The Kier molecular flexibility index (Phi) is 10.8. The summed E-state index contributed by atoms with van der Waals surface area (Å²) < 4.78 is 7.34. The first kappa shape index (κ1) is 39.0. The maximum Gasteiger partial charge on any atom is 0.273 e. The number of piperidine rings is 1. The number of amides is 7. The van der Waals surface area contributed by atoms with Crippen molar-refractivity contribution in [3.05, 3.63) is 71.3 Å². The van der Waals surface area contributed by atoms with Gasteiger partial charge in [0.1, 0.15) is 12.4 Å². The van der Waals surface area contributed by atoms with E-state index in [1.807, 2.05) is 0 Å². The number of ether oxygens (including phenoxy) is 1. The Hall–Kier alpha value is -7.25. The molecule has 58 heavy (non-hydrogen) atoms. The Bertz CT molecular complexity index is 2360. The highest BCUT2D eigenvalue weighted by Crippen LogP contribution is 2.48. The van der Waals surface area contributed by atoms with E-state index >= 15 is 0 Å². The van der Waals surface area contributed by atoms with Crippen LogP contribution in [0.2, 0.25) is 0 Å². The number of nitrogens with two attached hydrogens (primary N) is 1. The number of imide groups is 2. The van der Waals surface area contributed by atoms with Crippen LogP contribution in [0.25, 0.3) is 11.4 Å². The molecular weight excluding hydrogens is 752 g/mol. The van der Waals surface area contributed by atoms with Crippen molar-refractivity contribution < 1.29 is 38.3 Å². The third-order valence-electron chi connectivity index (χ3n) is 10.2. The number of nitrogens with one attached hydrogen (secondary N) is 5. The lowest BCUT2D eigenvalue weighted by atomic mass is 10.0. The fourth-order valence-electron chi connectivity index (χ4n) is 6.92. The van der Waals surface area contributed by atoms with Crippen LogP contribution in [0.3, 0.4) is 0 Å². The number of benzene rings is 2. The molecule has 1 saturated carbocycles. The first-order valence-corrected chi connectivity index (χ1v) is 18.5. The van der Waals surface area contributed by atoms with E-state index in [1.54, 1.807) is 41.1 Å². The van der Waals surface area contributed by atoms with Crippen LogP contribution in [0.5, 0.6) is 5.75 Å². The monoisotopic (exact) mass is 792 g/mol. The molecule has 300 valence electrons. The van der Waals surface area contributed by atoms with E-state index in [-0.39, 0.29) is 48.5 Å². The predicted octanol–water partition coefficient (Wildman–Crippen LogP) is 0.774. The van der Waals surface area contributed by atoms with Crippen LogP contribution in [-0.4, -0.2) is 105 Å². The molecule has 7 amide bonds. The molecule has 0 bridgehead atoms. The second-order valence-electron chi connectivity index (χ2n) is 13.9. The summed E-state index contributed by atoms with van der Waals surface area (Å²) in [6.45, 7) is 1.02. The zero-order chi connectivity index (χ0) is 41.1. The predicted molar refractivity (Wildman–Crippen MR) is 205 cm³/mol. The number of rotatable bonds is 16. The van der Waals surface area contributed by atoms with Crippen molar-refractivity contribution in [1.29, 1.82) is 0 Å². The van der Waals surface area contributed by atoms with Crippen molar-refractivity contribution >= 4 is 58.4 Å². The number of fused-ring (bicyclic) bond motifs is 1. The fraction of sp³-hybridized carbons (Fsp3) is 0.342. The molecule has 0 radical (unpaired) electrons. The Labute approximate surface area is 330 Å². The van der Waals surface area contributed by atoms with Gasteiger partial charge in [0, 0.05) is 38.7 Å². The number of nitrogens with zero attached hydrogens (tertiary/aromatic N) is 6. The molecule has 20 nitrogen and oxygen atoms in total. The van der Waals surface area contributed by atoms with Gasteiger partial charge in [-0.25, -0.2) is 4.98 Å². The maximum absolute atomic E-state index is 13.1. The number of hydrogen-bond donors (Lipinski definition) is 6. The van der Waals surface area contributed by atoms with E-state index in [1.165, 1.54) is 26.6 Å². The summed E-state index contributed by atoms with van der Waals surface area (Å²) in [5.74, 6) is -2.72. The molecule has 1 unspecified atom stereocenters. The lowest BCUT2D eigenvalue weighted by Crippen LogP contribution is -2.54. The van der Waals surface area contributed by atoms with Crippen LogP contribution in [0, 0.1) is 0 Å². The molecule has 2 aromatic heterocycles. The summed E-state index contributed by atoms with van der Waals surface area (Å²) in [6.07, 6.45) is 3.42. The molecule has 2 aliphatic heterocycles. The highest BCUT2D eigenvalue weighted by atomic mass is 16.5. The molecule has 2 fully saturated rings. The van der Waals surface area contributed by atoms with Crippen LogP contribution >= 0.6 is 0 Å². The summed E-state index contributed by atoms with van der Waals surface area (Å²) in [5, 5.41) is 26.8. The van der Waals surface area contributed by atoms with Crippen LogP contribution < -0.4 is 37.1 Å². The number of primary amides is 1. The molecule has 4 heterocycles. The molecule has 7 N–H and O–H groups in total. The topological polar surface area (TPSA) is 275 Å². The number of methoxy groups -OCH3 is 1. The Morgan fingerprint density at radius 1 is 0.983 bits per heavy atom. The molecule has 1 aliphatic carbocycles. The number of para-hydroxylation sites is 1. The van der Waals surface area contributed by atoms with Crippen LogP contribution in [0.4, 0.5) is 17.1 Å². The minimum atomic E-state index is -1.04. The highest BCUT2D eigenvalue weighted by Gasteiger charge is 2.52. The zero-order valence-corrected chi connectivity index (χ0v) is 31.6. The Morgan fingerprint density at radius 2 is 1.78 bits per heavy atom. The normalized spacial score (nSPS) is 16.7. The average molecular weight is 793 g/mol. The van der Waals surface area contributed by atoms with E-state index in [2.05, 4.69) is 46.9 Å². The second-order valence-corrected chi connectivity index (χ2v) is 13.9. The van der Waals surface area contributed by atoms with Crippen molar-refractivity contribution in [1.82, 2.24) is 45.8 Å². The maximum atomic E-state index is 13.1. The van der Waals surface area contributed by atoms with Crippen molar-refractivity contribution in [3.8, 4) is 17.1 Å². The molecule has 7 rings (SSSR count). The molecule has 1 atom stereocenters. The lowest BCUT2D eigenvalue weighted by molar-refractivity contribution is -0.136. The van der Waals surface area contributed by atoms with E-state index in [0.29, 0.717) is 72.2 Å². The van der Waals surface area contributed by atoms with Crippen molar-refractivity contribution in [3.63, 3.8) is 0 Å². The zero-order valence-electron chi connectivity index (χ0n) is 31.6. The summed E-state index contributed by atoms with van der Waals surface area (Å²) in [7, 11) is 2.96. The van der Waals surface area contributed by atoms with Crippen LogP contribution in [-0.2, 0) is 31.1 Å². The molecule has 3 aliphatic rings. The summed E-state index contributed by atoms with van der Waals surface area (Å²) in [5.41, 5.74) is 7.37. The van der Waals surface area contributed by atoms with Crippen molar-refractivity contribution in [2.45, 2.75) is 56.5 Å². The van der Waals surface area contributed by atoms with Gasteiger partial charge < -0.3 is 31.7 Å². The highest BCUT2D eigenvalue weighted by molar-refractivity contribution is 6.23. The third-order valence-corrected chi connectivity index (χ3v) is 10.2. The molecule has 20 heteroatoms. The number of aromatic nitrogens is 5.